The van der Waals surface area contributed by atoms with Crippen LogP contribution in [0.4, 0.5) is 4.79 Å². The lowest BCUT2D eigenvalue weighted by atomic mass is 9.83. The van der Waals surface area contributed by atoms with Crippen LogP contribution in [0.2, 0.25) is 5.02 Å². The van der Waals surface area contributed by atoms with Crippen LogP contribution in [0.3, 0.4) is 0 Å². The van der Waals surface area contributed by atoms with E-state index in [9.17, 15) is 14.4 Å². The molecule has 2 aliphatic rings. The largest absolute Gasteiger partial charge is 0.322 e. The molecule has 1 unspecified atom stereocenters. The van der Waals surface area contributed by atoms with Crippen molar-refractivity contribution in [1.82, 2.24) is 20.2 Å². The van der Waals surface area contributed by atoms with Crippen LogP contribution in [-0.4, -0.2) is 21.5 Å². The number of carbonyl (C=O) groups is 2. The van der Waals surface area contributed by atoms with Crippen LogP contribution >= 0.6 is 11.6 Å². The summed E-state index contributed by atoms with van der Waals surface area (Å²) in [5.74, 6) is -0.437. The van der Waals surface area contributed by atoms with Crippen molar-refractivity contribution >= 4 is 34.6 Å². The summed E-state index contributed by atoms with van der Waals surface area (Å²) in [5, 5.41) is 5.40. The topological polar surface area (TPSA) is 93.1 Å². The van der Waals surface area contributed by atoms with Crippen LogP contribution < -0.4 is 16.2 Å². The summed E-state index contributed by atoms with van der Waals surface area (Å²) in [7, 11) is 0. The second-order valence-electron chi connectivity index (χ2n) is 7.06. The Morgan fingerprint density at radius 1 is 1.14 bits per heavy atom. The predicted molar refractivity (Wildman–Crippen MR) is 103 cm³/mol. The number of hydrogen-bond acceptors (Lipinski definition) is 4. The molecule has 8 heteroatoms. The zero-order valence-electron chi connectivity index (χ0n) is 14.7. The highest BCUT2D eigenvalue weighted by atomic mass is 35.5. The van der Waals surface area contributed by atoms with Gasteiger partial charge in [-0.3, -0.25) is 14.9 Å². The van der Waals surface area contributed by atoms with Crippen molar-refractivity contribution in [3.8, 4) is 0 Å². The first kappa shape index (κ1) is 16.9. The van der Waals surface area contributed by atoms with E-state index in [0.717, 1.165) is 5.56 Å². The number of nitrogens with one attached hydrogen (secondary N) is 2. The highest BCUT2D eigenvalue weighted by Gasteiger charge is 2.50. The molecule has 2 N–H and O–H groups in total. The normalized spacial score (nSPS) is 20.5. The van der Waals surface area contributed by atoms with Crippen LogP contribution in [0.1, 0.15) is 23.2 Å². The van der Waals surface area contributed by atoms with E-state index in [1.165, 1.54) is 0 Å². The van der Waals surface area contributed by atoms with Crippen molar-refractivity contribution in [1.29, 1.82) is 0 Å². The zero-order chi connectivity index (χ0) is 19.5. The molecule has 3 heterocycles. The number of fused-ring (bicyclic) bond motifs is 1. The molecule has 3 amide bonds. The van der Waals surface area contributed by atoms with E-state index in [0.29, 0.717) is 40.3 Å². The molecule has 28 heavy (non-hydrogen) atoms. The van der Waals surface area contributed by atoms with E-state index >= 15 is 0 Å². The molecule has 5 rings (SSSR count). The van der Waals surface area contributed by atoms with Gasteiger partial charge in [-0.05, 0) is 17.7 Å². The first-order chi connectivity index (χ1) is 13.5. The minimum absolute atomic E-state index is 0.195. The van der Waals surface area contributed by atoms with Gasteiger partial charge in [0.25, 0.3) is 11.5 Å². The second kappa shape index (κ2) is 5.90. The first-order valence-electron chi connectivity index (χ1n) is 8.89. The van der Waals surface area contributed by atoms with Gasteiger partial charge in [0.05, 0.1) is 11.0 Å². The molecule has 1 aromatic heterocycles. The summed E-state index contributed by atoms with van der Waals surface area (Å²) in [5.41, 5.74) is 1.55. The average molecular weight is 395 g/mol. The Balaban J connectivity index is 1.75. The third-order valence-electron chi connectivity index (χ3n) is 5.40. The fourth-order valence-corrected chi connectivity index (χ4v) is 4.33. The van der Waals surface area contributed by atoms with Gasteiger partial charge in [0.1, 0.15) is 11.2 Å². The standard InChI is InChI=1S/C20H15ClN4O3/c21-12-9-13-16-14(10-12)22-15(8-11-4-2-1-3-5-11)17(26)25(16)7-6-20(13)18(27)23-19(28)24-20/h1-5,9-10H,6-8H2,(H2,23,24,27,28). The Morgan fingerprint density at radius 2 is 1.93 bits per heavy atom. The molecule has 0 saturated carbocycles. The molecule has 2 aromatic carbocycles. The Morgan fingerprint density at radius 3 is 2.64 bits per heavy atom. The maximum Gasteiger partial charge on any atom is 0.322 e. The van der Waals surface area contributed by atoms with Gasteiger partial charge in [-0.15, -0.1) is 0 Å². The van der Waals surface area contributed by atoms with Crippen LogP contribution in [0.15, 0.2) is 47.3 Å². The van der Waals surface area contributed by atoms with Gasteiger partial charge in [-0.1, -0.05) is 41.9 Å². The lowest BCUT2D eigenvalue weighted by molar-refractivity contribution is -0.124. The first-order valence-corrected chi connectivity index (χ1v) is 9.27. The number of imide groups is 1. The fourth-order valence-electron chi connectivity index (χ4n) is 4.12. The maximum atomic E-state index is 13.1. The van der Waals surface area contributed by atoms with Crippen LogP contribution in [0, 0.1) is 0 Å². The smallest absolute Gasteiger partial charge is 0.319 e. The van der Waals surface area contributed by atoms with Gasteiger partial charge in [-0.2, -0.15) is 0 Å². The molecule has 1 spiro atoms. The molecular formula is C20H15ClN4O3. The van der Waals surface area contributed by atoms with E-state index in [-0.39, 0.29) is 12.0 Å². The highest BCUT2D eigenvalue weighted by Crippen LogP contribution is 2.39. The number of benzene rings is 2. The summed E-state index contributed by atoms with van der Waals surface area (Å²) in [4.78, 5) is 42.1. The highest BCUT2D eigenvalue weighted by molar-refractivity contribution is 6.31. The van der Waals surface area contributed by atoms with Gasteiger partial charge in [0, 0.05) is 30.0 Å². The van der Waals surface area contributed by atoms with Crippen LogP contribution in [-0.2, 0) is 23.3 Å². The number of amides is 3. The maximum absolute atomic E-state index is 13.1. The molecule has 3 aromatic rings. The van der Waals surface area contributed by atoms with Gasteiger partial charge < -0.3 is 9.88 Å². The van der Waals surface area contributed by atoms with E-state index in [4.69, 9.17) is 11.6 Å². The summed E-state index contributed by atoms with van der Waals surface area (Å²) >= 11 is 6.31. The number of hydrogen-bond donors (Lipinski definition) is 2. The molecule has 1 atom stereocenters. The number of rotatable bonds is 2. The number of nitrogens with zero attached hydrogens (tertiary/aromatic N) is 2. The molecule has 1 fully saturated rings. The summed E-state index contributed by atoms with van der Waals surface area (Å²) < 4.78 is 1.63. The van der Waals surface area contributed by atoms with Crippen LogP contribution in [0.5, 0.6) is 0 Å². The van der Waals surface area contributed by atoms with Gasteiger partial charge >= 0.3 is 6.03 Å². The van der Waals surface area contributed by atoms with E-state index < -0.39 is 17.5 Å². The third-order valence-corrected chi connectivity index (χ3v) is 5.62. The molecular weight excluding hydrogens is 380 g/mol. The average Bonchev–Trinajstić information content (AvgIpc) is 2.95. The monoisotopic (exact) mass is 394 g/mol. The van der Waals surface area contributed by atoms with Crippen molar-refractivity contribution in [2.45, 2.75) is 24.9 Å². The number of aromatic nitrogens is 2. The zero-order valence-corrected chi connectivity index (χ0v) is 15.4. The predicted octanol–water partition coefficient (Wildman–Crippen LogP) is 2.08. The lowest BCUT2D eigenvalue weighted by Gasteiger charge is -2.33. The quantitative estimate of drug-likeness (QED) is 0.651. The Bertz CT molecular complexity index is 1220. The van der Waals surface area contributed by atoms with E-state index in [1.54, 1.807) is 16.7 Å². The van der Waals surface area contributed by atoms with Crippen molar-refractivity contribution in [2.75, 3.05) is 0 Å². The van der Waals surface area contributed by atoms with Gasteiger partial charge in [0.2, 0.25) is 0 Å². The Labute approximate surface area is 164 Å². The van der Waals surface area contributed by atoms with Gasteiger partial charge in [0.15, 0.2) is 0 Å². The minimum atomic E-state index is -1.23. The van der Waals surface area contributed by atoms with Crippen molar-refractivity contribution in [3.63, 3.8) is 0 Å². The molecule has 7 nitrogen and oxygen atoms in total. The summed E-state index contributed by atoms with van der Waals surface area (Å²) in [6.07, 6.45) is 0.668. The van der Waals surface area contributed by atoms with Crippen molar-refractivity contribution < 1.29 is 9.59 Å². The Hall–Kier alpha value is -3.19. The van der Waals surface area contributed by atoms with Crippen molar-refractivity contribution in [2.24, 2.45) is 0 Å². The summed E-state index contributed by atoms with van der Waals surface area (Å²) in [6.45, 7) is 0.294. The fraction of sp³-hybridized carbons (Fsp3) is 0.200. The lowest BCUT2D eigenvalue weighted by Crippen LogP contribution is -2.48. The molecule has 140 valence electrons. The molecule has 1 saturated heterocycles. The number of urea groups is 1. The Kier molecular flexibility index (Phi) is 3.57. The number of carbonyl (C=O) groups excluding carboxylic acids is 2. The van der Waals surface area contributed by atoms with E-state index in [2.05, 4.69) is 15.6 Å². The van der Waals surface area contributed by atoms with Gasteiger partial charge in [-0.25, -0.2) is 9.78 Å². The van der Waals surface area contributed by atoms with E-state index in [1.807, 2.05) is 30.3 Å². The third kappa shape index (κ3) is 2.36. The molecule has 2 aliphatic heterocycles. The summed E-state index contributed by atoms with van der Waals surface area (Å²) in [6, 6.07) is 12.4. The molecule has 0 radical (unpaired) electrons. The second-order valence-corrected chi connectivity index (χ2v) is 7.50. The number of halogens is 1. The van der Waals surface area contributed by atoms with Crippen molar-refractivity contribution in [3.05, 3.63) is 74.7 Å². The number of aryl methyl sites for hydroxylation is 1. The molecule has 0 bridgehead atoms. The van der Waals surface area contributed by atoms with Crippen LogP contribution in [0.25, 0.3) is 11.0 Å². The SMILES string of the molecule is O=C1NC(=O)C2(CCn3c(=O)c(Cc4ccccc4)nc4cc(Cl)cc2c43)N1. The minimum Gasteiger partial charge on any atom is -0.319 e. The molecule has 0 aliphatic carbocycles.